The number of imidazole rings is 1. The Morgan fingerprint density at radius 2 is 2.06 bits per heavy atom. The molecule has 0 bridgehead atoms. The lowest BCUT2D eigenvalue weighted by Gasteiger charge is -2.08. The number of fused-ring (bicyclic) bond motifs is 1. The van der Waals surface area contributed by atoms with Crippen LogP contribution in [0.2, 0.25) is 0 Å². The van der Waals surface area contributed by atoms with Crippen LogP contribution in [-0.4, -0.2) is 29.5 Å². The van der Waals surface area contributed by atoms with Crippen molar-refractivity contribution >= 4 is 6.29 Å². The van der Waals surface area contributed by atoms with E-state index in [1.807, 2.05) is 18.2 Å². The Labute approximate surface area is 104 Å². The number of hydrogen-bond donors (Lipinski definition) is 1. The second-order valence-corrected chi connectivity index (χ2v) is 4.01. The van der Waals surface area contributed by atoms with Crippen molar-refractivity contribution in [3.05, 3.63) is 30.2 Å². The highest BCUT2D eigenvalue weighted by atomic mass is 16.5. The lowest BCUT2D eigenvalue weighted by molar-refractivity contribution is 0.111. The molecule has 92 valence electrons. The van der Waals surface area contributed by atoms with E-state index >= 15 is 0 Å². The van der Waals surface area contributed by atoms with Gasteiger partial charge in [-0.2, -0.15) is 0 Å². The Morgan fingerprint density at radius 3 is 2.83 bits per heavy atom. The Hall–Kier alpha value is -2.30. The average molecular weight is 244 g/mol. The molecule has 0 radical (unpaired) electrons. The summed E-state index contributed by atoms with van der Waals surface area (Å²) in [5.41, 5.74) is 1.70. The first-order valence-electron chi connectivity index (χ1n) is 5.77. The molecule has 1 aliphatic heterocycles. The minimum Gasteiger partial charge on any atom is -0.490 e. The van der Waals surface area contributed by atoms with Crippen molar-refractivity contribution in [3.8, 4) is 22.8 Å². The maximum absolute atomic E-state index is 10.6. The van der Waals surface area contributed by atoms with Gasteiger partial charge in [0.25, 0.3) is 0 Å². The zero-order valence-electron chi connectivity index (χ0n) is 9.68. The highest BCUT2D eigenvalue weighted by Crippen LogP contribution is 2.33. The zero-order valence-corrected chi connectivity index (χ0v) is 9.68. The van der Waals surface area contributed by atoms with Crippen molar-refractivity contribution in [2.24, 2.45) is 0 Å². The summed E-state index contributed by atoms with van der Waals surface area (Å²) in [6.45, 7) is 1.32. The number of nitrogens with zero attached hydrogens (tertiary/aromatic N) is 1. The van der Waals surface area contributed by atoms with Crippen molar-refractivity contribution in [2.45, 2.75) is 6.42 Å². The molecule has 2 aromatic rings. The first-order valence-corrected chi connectivity index (χ1v) is 5.77. The lowest BCUT2D eigenvalue weighted by Crippen LogP contribution is -1.97. The molecule has 5 nitrogen and oxygen atoms in total. The van der Waals surface area contributed by atoms with Gasteiger partial charge >= 0.3 is 0 Å². The van der Waals surface area contributed by atoms with Gasteiger partial charge in [-0.25, -0.2) is 4.98 Å². The number of benzene rings is 1. The minimum absolute atomic E-state index is 0.317. The lowest BCUT2D eigenvalue weighted by atomic mass is 10.1. The number of aromatic nitrogens is 2. The zero-order chi connectivity index (χ0) is 12.4. The van der Waals surface area contributed by atoms with Gasteiger partial charge in [-0.3, -0.25) is 4.79 Å². The molecule has 0 spiro atoms. The van der Waals surface area contributed by atoms with Gasteiger partial charge in [-0.1, -0.05) is 0 Å². The van der Waals surface area contributed by atoms with Crippen molar-refractivity contribution in [2.75, 3.05) is 13.2 Å². The number of aromatic amines is 1. The van der Waals surface area contributed by atoms with Crippen LogP contribution in [-0.2, 0) is 0 Å². The SMILES string of the molecule is O=Cc1ncc(-c2ccc3c(c2)OCCCO3)[nH]1. The van der Waals surface area contributed by atoms with Gasteiger partial charge in [-0.15, -0.1) is 0 Å². The topological polar surface area (TPSA) is 64.2 Å². The summed E-state index contributed by atoms with van der Waals surface area (Å²) in [7, 11) is 0. The van der Waals surface area contributed by atoms with Crippen molar-refractivity contribution in [1.82, 2.24) is 9.97 Å². The molecular formula is C13H12N2O3. The number of aldehydes is 1. The fourth-order valence-electron chi connectivity index (χ4n) is 1.87. The molecule has 0 saturated carbocycles. The van der Waals surface area contributed by atoms with Crippen LogP contribution in [0.4, 0.5) is 0 Å². The van der Waals surface area contributed by atoms with E-state index in [9.17, 15) is 4.79 Å². The number of H-pyrrole nitrogens is 1. The van der Waals surface area contributed by atoms with Crippen LogP contribution in [0.15, 0.2) is 24.4 Å². The van der Waals surface area contributed by atoms with E-state index in [0.717, 1.165) is 29.2 Å². The van der Waals surface area contributed by atoms with E-state index in [1.54, 1.807) is 6.20 Å². The number of rotatable bonds is 2. The summed E-state index contributed by atoms with van der Waals surface area (Å²) in [5.74, 6) is 1.80. The van der Waals surface area contributed by atoms with Crippen LogP contribution >= 0.6 is 0 Å². The first kappa shape index (κ1) is 10.8. The number of carbonyl (C=O) groups excluding carboxylic acids is 1. The van der Waals surface area contributed by atoms with Gasteiger partial charge in [0.05, 0.1) is 25.1 Å². The molecule has 0 unspecified atom stereocenters. The summed E-state index contributed by atoms with van der Waals surface area (Å²) < 4.78 is 11.2. The summed E-state index contributed by atoms with van der Waals surface area (Å²) in [6, 6.07) is 5.68. The molecule has 1 aliphatic rings. The van der Waals surface area contributed by atoms with Crippen LogP contribution in [0.5, 0.6) is 11.5 Å². The number of nitrogens with one attached hydrogen (secondary N) is 1. The Balaban J connectivity index is 1.98. The van der Waals surface area contributed by atoms with E-state index in [0.29, 0.717) is 25.3 Å². The van der Waals surface area contributed by atoms with Crippen LogP contribution < -0.4 is 9.47 Å². The molecule has 0 fully saturated rings. The van der Waals surface area contributed by atoms with Gasteiger partial charge in [-0.05, 0) is 18.2 Å². The van der Waals surface area contributed by atoms with E-state index in [2.05, 4.69) is 9.97 Å². The normalized spacial score (nSPS) is 14.0. The highest BCUT2D eigenvalue weighted by Gasteiger charge is 2.12. The van der Waals surface area contributed by atoms with E-state index in [1.165, 1.54) is 0 Å². The molecule has 1 N–H and O–H groups in total. The van der Waals surface area contributed by atoms with Gasteiger partial charge in [0.15, 0.2) is 23.6 Å². The first-order chi connectivity index (χ1) is 8.86. The fraction of sp³-hybridized carbons (Fsp3) is 0.231. The quantitative estimate of drug-likeness (QED) is 0.821. The van der Waals surface area contributed by atoms with Gasteiger partial charge < -0.3 is 14.5 Å². The third-order valence-electron chi connectivity index (χ3n) is 2.77. The van der Waals surface area contributed by atoms with E-state index in [4.69, 9.17) is 9.47 Å². The van der Waals surface area contributed by atoms with Crippen molar-refractivity contribution < 1.29 is 14.3 Å². The molecule has 0 aliphatic carbocycles. The largest absolute Gasteiger partial charge is 0.490 e. The van der Waals surface area contributed by atoms with Crippen LogP contribution in [0.3, 0.4) is 0 Å². The van der Waals surface area contributed by atoms with Gasteiger partial charge in [0.2, 0.25) is 0 Å². The molecule has 5 heteroatoms. The monoisotopic (exact) mass is 244 g/mol. The fourth-order valence-corrected chi connectivity index (χ4v) is 1.87. The maximum Gasteiger partial charge on any atom is 0.185 e. The molecule has 18 heavy (non-hydrogen) atoms. The predicted octanol–water partition coefficient (Wildman–Crippen LogP) is 2.05. The van der Waals surface area contributed by atoms with Crippen LogP contribution in [0.1, 0.15) is 17.0 Å². The number of ether oxygens (including phenoxy) is 2. The predicted molar refractivity (Wildman–Crippen MR) is 65.0 cm³/mol. The second kappa shape index (κ2) is 4.52. The maximum atomic E-state index is 10.6. The third-order valence-corrected chi connectivity index (χ3v) is 2.77. The van der Waals surface area contributed by atoms with Gasteiger partial charge in [0, 0.05) is 12.0 Å². The number of hydrogen-bond acceptors (Lipinski definition) is 4. The molecule has 0 saturated heterocycles. The summed E-state index contributed by atoms with van der Waals surface area (Å²) in [5, 5.41) is 0. The molecule has 2 heterocycles. The van der Waals surface area contributed by atoms with Crippen molar-refractivity contribution in [3.63, 3.8) is 0 Å². The van der Waals surface area contributed by atoms with Crippen LogP contribution in [0.25, 0.3) is 11.3 Å². The molecule has 1 aromatic carbocycles. The standard InChI is InChI=1S/C13H12N2O3/c16-8-13-14-7-10(15-13)9-2-3-11-12(6-9)18-5-1-4-17-11/h2-3,6-8H,1,4-5H2,(H,14,15). The summed E-state index contributed by atoms with van der Waals surface area (Å²) >= 11 is 0. The second-order valence-electron chi connectivity index (χ2n) is 4.01. The molecular weight excluding hydrogens is 232 g/mol. The smallest absolute Gasteiger partial charge is 0.185 e. The van der Waals surface area contributed by atoms with Crippen LogP contribution in [0, 0.1) is 0 Å². The van der Waals surface area contributed by atoms with Crippen molar-refractivity contribution in [1.29, 1.82) is 0 Å². The average Bonchev–Trinajstić information content (AvgIpc) is 2.76. The van der Waals surface area contributed by atoms with Gasteiger partial charge in [0.1, 0.15) is 0 Å². The summed E-state index contributed by atoms with van der Waals surface area (Å²) in [6.07, 6.45) is 3.19. The highest BCUT2D eigenvalue weighted by molar-refractivity contribution is 5.72. The third kappa shape index (κ3) is 1.95. The van der Waals surface area contributed by atoms with E-state index < -0.39 is 0 Å². The Morgan fingerprint density at radius 1 is 1.22 bits per heavy atom. The summed E-state index contributed by atoms with van der Waals surface area (Å²) in [4.78, 5) is 17.5. The molecule has 0 atom stereocenters. The van der Waals surface area contributed by atoms with E-state index in [-0.39, 0.29) is 0 Å². The molecule has 0 amide bonds. The number of carbonyl (C=O) groups is 1. The minimum atomic E-state index is 0.317. The molecule has 3 rings (SSSR count). The Kier molecular flexibility index (Phi) is 2.72. The Bertz CT molecular complexity index is 577. The molecule has 1 aromatic heterocycles.